The summed E-state index contributed by atoms with van der Waals surface area (Å²) < 4.78 is 9.10. The molecule has 0 aromatic carbocycles. The summed E-state index contributed by atoms with van der Waals surface area (Å²) in [4.78, 5) is 22.2. The van der Waals surface area contributed by atoms with Crippen LogP contribution in [0.15, 0.2) is 20.4 Å². The molecule has 0 spiro atoms. The van der Waals surface area contributed by atoms with Crippen LogP contribution in [0.4, 0.5) is 4.79 Å². The number of nitrogens with zero attached hydrogens (tertiary/aromatic N) is 1. The Labute approximate surface area is 96.7 Å². The van der Waals surface area contributed by atoms with Gasteiger partial charge >= 0.3 is 11.7 Å². The largest absolute Gasteiger partial charge is 0.507 e. The lowest BCUT2D eigenvalue weighted by Gasteiger charge is -2.03. The lowest BCUT2D eigenvalue weighted by Crippen LogP contribution is -2.21. The number of methoxy groups -OCH3 is 1. The molecule has 0 unspecified atom stereocenters. The van der Waals surface area contributed by atoms with Gasteiger partial charge in [-0.3, -0.25) is 0 Å². The Bertz CT molecular complexity index is 518. The van der Waals surface area contributed by atoms with Gasteiger partial charge in [0.15, 0.2) is 0 Å². The molecule has 1 aromatic heterocycles. The van der Waals surface area contributed by atoms with Crippen LogP contribution in [0.2, 0.25) is 0 Å². The Morgan fingerprint density at radius 2 is 2.24 bits per heavy atom. The highest BCUT2D eigenvalue weighted by Crippen LogP contribution is 2.14. The molecule has 17 heavy (non-hydrogen) atoms. The number of rotatable bonds is 2. The van der Waals surface area contributed by atoms with Crippen molar-refractivity contribution in [2.75, 3.05) is 7.11 Å². The van der Waals surface area contributed by atoms with Crippen LogP contribution in [0.1, 0.15) is 18.2 Å². The minimum atomic E-state index is -0.777. The van der Waals surface area contributed by atoms with E-state index in [2.05, 4.69) is 9.84 Å². The van der Waals surface area contributed by atoms with E-state index in [0.717, 1.165) is 0 Å². The molecule has 1 heterocycles. The van der Waals surface area contributed by atoms with Gasteiger partial charge < -0.3 is 14.3 Å². The van der Waals surface area contributed by atoms with Crippen LogP contribution in [0.3, 0.4) is 0 Å². The van der Waals surface area contributed by atoms with Crippen LogP contribution in [-0.2, 0) is 4.74 Å². The van der Waals surface area contributed by atoms with Gasteiger partial charge in [-0.2, -0.15) is 5.10 Å². The normalized spacial score (nSPS) is 11.1. The maximum Gasteiger partial charge on any atom is 0.427 e. The van der Waals surface area contributed by atoms with E-state index in [9.17, 15) is 14.7 Å². The van der Waals surface area contributed by atoms with Crippen LogP contribution in [0.25, 0.3) is 0 Å². The Kier molecular flexibility index (Phi) is 3.86. The van der Waals surface area contributed by atoms with Crippen molar-refractivity contribution in [1.29, 1.82) is 0 Å². The summed E-state index contributed by atoms with van der Waals surface area (Å²) in [6.45, 7) is 2.97. The monoisotopic (exact) mass is 240 g/mol. The molecule has 1 aromatic rings. The second kappa shape index (κ2) is 5.15. The second-order valence-electron chi connectivity index (χ2n) is 3.21. The molecule has 1 amide bonds. The fraction of sp³-hybridized carbons (Fsp3) is 0.300. The number of hydrazone groups is 1. The Morgan fingerprint density at radius 3 is 2.76 bits per heavy atom. The number of amides is 1. The Hall–Kier alpha value is -2.31. The maximum absolute atomic E-state index is 11.5. The zero-order valence-corrected chi connectivity index (χ0v) is 9.60. The van der Waals surface area contributed by atoms with Crippen molar-refractivity contribution >= 4 is 11.8 Å². The van der Waals surface area contributed by atoms with Gasteiger partial charge in [-0.05, 0) is 13.8 Å². The molecule has 0 radical (unpaired) electrons. The summed E-state index contributed by atoms with van der Waals surface area (Å²) in [6, 6.07) is 1.29. The van der Waals surface area contributed by atoms with Crippen LogP contribution >= 0.6 is 0 Å². The average molecular weight is 240 g/mol. The molecule has 0 fully saturated rings. The summed E-state index contributed by atoms with van der Waals surface area (Å²) in [5.41, 5.74) is 1.32. The summed E-state index contributed by atoms with van der Waals surface area (Å²) in [5, 5.41) is 13.2. The number of ether oxygens (including phenoxy) is 1. The smallest absolute Gasteiger partial charge is 0.427 e. The van der Waals surface area contributed by atoms with E-state index in [1.807, 2.05) is 5.43 Å². The Morgan fingerprint density at radius 1 is 1.59 bits per heavy atom. The molecular weight excluding hydrogens is 228 g/mol. The van der Waals surface area contributed by atoms with Gasteiger partial charge in [-0.25, -0.2) is 15.0 Å². The van der Waals surface area contributed by atoms with Gasteiger partial charge in [-0.1, -0.05) is 0 Å². The number of nitrogens with one attached hydrogen (secondary N) is 1. The standard InChI is InChI=1S/C10H12N2O5/c1-5-4-7(13)8(9(14)17-5)6(2)11-12-10(15)16-3/h4,13H,1-3H3,(H,12,15)/b11-6+. The van der Waals surface area contributed by atoms with Crippen LogP contribution < -0.4 is 11.1 Å². The zero-order chi connectivity index (χ0) is 13.0. The molecule has 0 bridgehead atoms. The molecule has 92 valence electrons. The molecule has 2 N–H and O–H groups in total. The fourth-order valence-corrected chi connectivity index (χ4v) is 1.16. The third-order valence-electron chi connectivity index (χ3n) is 1.92. The number of hydrogen-bond acceptors (Lipinski definition) is 6. The van der Waals surface area contributed by atoms with Gasteiger partial charge in [0.2, 0.25) is 0 Å². The van der Waals surface area contributed by atoms with E-state index in [1.54, 1.807) is 0 Å². The predicted octanol–water partition coefficient (Wildman–Crippen LogP) is 0.734. The van der Waals surface area contributed by atoms with Crippen molar-refractivity contribution in [1.82, 2.24) is 5.43 Å². The van der Waals surface area contributed by atoms with Gasteiger partial charge in [0.05, 0.1) is 12.8 Å². The Balaban J connectivity index is 3.08. The number of carbonyl (C=O) groups excluding carboxylic acids is 1. The minimum absolute atomic E-state index is 0.105. The topological polar surface area (TPSA) is 101 Å². The number of carbonyl (C=O) groups is 1. The van der Waals surface area contributed by atoms with Crippen molar-refractivity contribution < 1.29 is 19.1 Å². The number of hydrogen-bond donors (Lipinski definition) is 2. The van der Waals surface area contributed by atoms with E-state index >= 15 is 0 Å². The first kappa shape index (κ1) is 12.8. The molecule has 0 saturated carbocycles. The molecule has 7 heteroatoms. The summed E-state index contributed by atoms with van der Waals surface area (Å²) in [6.07, 6.45) is -0.777. The summed E-state index contributed by atoms with van der Waals surface area (Å²) in [5.74, 6) is 0.0247. The van der Waals surface area contributed by atoms with E-state index in [-0.39, 0.29) is 22.8 Å². The molecule has 0 aliphatic heterocycles. The highest BCUT2D eigenvalue weighted by molar-refractivity contribution is 6.00. The van der Waals surface area contributed by atoms with Gasteiger partial charge in [-0.15, -0.1) is 0 Å². The first-order valence-electron chi connectivity index (χ1n) is 4.68. The van der Waals surface area contributed by atoms with Crippen molar-refractivity contribution in [3.8, 4) is 5.75 Å². The van der Waals surface area contributed by atoms with Crippen molar-refractivity contribution in [2.45, 2.75) is 13.8 Å². The van der Waals surface area contributed by atoms with E-state index in [4.69, 9.17) is 4.42 Å². The molecule has 7 nitrogen and oxygen atoms in total. The molecule has 0 aliphatic rings. The van der Waals surface area contributed by atoms with Crippen molar-refractivity contribution in [3.63, 3.8) is 0 Å². The minimum Gasteiger partial charge on any atom is -0.507 e. The van der Waals surface area contributed by atoms with Crippen LogP contribution in [0.5, 0.6) is 5.75 Å². The first-order chi connectivity index (χ1) is 7.95. The van der Waals surface area contributed by atoms with E-state index in [0.29, 0.717) is 0 Å². The van der Waals surface area contributed by atoms with Crippen molar-refractivity contribution in [2.24, 2.45) is 5.10 Å². The lowest BCUT2D eigenvalue weighted by molar-refractivity contribution is 0.171. The molecule has 1 rings (SSSR count). The summed E-state index contributed by atoms with van der Waals surface area (Å²) >= 11 is 0. The van der Waals surface area contributed by atoms with Gasteiger partial charge in [0.25, 0.3) is 0 Å². The summed E-state index contributed by atoms with van der Waals surface area (Å²) in [7, 11) is 1.18. The third-order valence-corrected chi connectivity index (χ3v) is 1.92. The van der Waals surface area contributed by atoms with Crippen LogP contribution in [-0.4, -0.2) is 24.0 Å². The maximum atomic E-state index is 11.5. The highest BCUT2D eigenvalue weighted by atomic mass is 16.5. The first-order valence-corrected chi connectivity index (χ1v) is 4.68. The highest BCUT2D eigenvalue weighted by Gasteiger charge is 2.13. The van der Waals surface area contributed by atoms with Gasteiger partial charge in [0, 0.05) is 6.07 Å². The second-order valence-corrected chi connectivity index (χ2v) is 3.21. The van der Waals surface area contributed by atoms with E-state index < -0.39 is 11.7 Å². The lowest BCUT2D eigenvalue weighted by atomic mass is 10.2. The fourth-order valence-electron chi connectivity index (χ4n) is 1.16. The predicted molar refractivity (Wildman–Crippen MR) is 59.1 cm³/mol. The molecule has 0 saturated heterocycles. The zero-order valence-electron chi connectivity index (χ0n) is 9.60. The number of aryl methyl sites for hydroxylation is 1. The molecular formula is C10H12N2O5. The third kappa shape index (κ3) is 3.07. The number of aromatic hydroxyl groups is 1. The van der Waals surface area contributed by atoms with Crippen molar-refractivity contribution in [3.05, 3.63) is 27.8 Å². The quantitative estimate of drug-likeness (QED) is 0.586. The van der Waals surface area contributed by atoms with E-state index in [1.165, 1.54) is 27.0 Å². The molecule has 0 aliphatic carbocycles. The van der Waals surface area contributed by atoms with Gasteiger partial charge in [0.1, 0.15) is 17.1 Å². The van der Waals surface area contributed by atoms with Crippen LogP contribution in [0, 0.1) is 6.92 Å². The SMILES string of the molecule is COC(=O)N/N=C(\C)c1c(O)cc(C)oc1=O. The average Bonchev–Trinajstić information content (AvgIpc) is 2.24. The molecule has 0 atom stereocenters.